The maximum atomic E-state index is 14.0. The lowest BCUT2D eigenvalue weighted by Crippen LogP contribution is -2.31. The quantitative estimate of drug-likeness (QED) is 0.444. The van der Waals surface area contributed by atoms with Crippen molar-refractivity contribution in [1.82, 2.24) is 0 Å². The largest absolute Gasteiger partial charge is 0.274 e. The molecule has 1 rings (SSSR count). The molecule has 0 fully saturated rings. The summed E-state index contributed by atoms with van der Waals surface area (Å²) in [6, 6.07) is 3.56. The third-order valence-electron chi connectivity index (χ3n) is 2.48. The molecule has 0 amide bonds. The Kier molecular flexibility index (Phi) is 4.63. The maximum Gasteiger partial charge on any atom is 0.274 e. The van der Waals surface area contributed by atoms with Gasteiger partial charge < -0.3 is 0 Å². The Bertz CT molecular complexity index is 873. The standard InChI is InChI=1S/C13H2F4N4/c1-21-8(5-20)10-11(15)7(2-14)9(6(3-18)4-19)12(16)13(10)17/h2H2/b10-8-. The molecular formula is C13H2F4N4. The van der Waals surface area contributed by atoms with E-state index in [2.05, 4.69) is 4.85 Å². The van der Waals surface area contributed by atoms with Gasteiger partial charge in [-0.25, -0.2) is 27.7 Å². The van der Waals surface area contributed by atoms with E-state index in [4.69, 9.17) is 22.4 Å². The van der Waals surface area contributed by atoms with Gasteiger partial charge in [-0.05, 0) is 0 Å². The molecule has 1 aromatic carbocycles. The number of benzene rings is 1. The summed E-state index contributed by atoms with van der Waals surface area (Å²) >= 11 is 0. The zero-order chi connectivity index (χ0) is 16.2. The van der Waals surface area contributed by atoms with Gasteiger partial charge in [0.05, 0.1) is 23.1 Å². The van der Waals surface area contributed by atoms with Gasteiger partial charge in [-0.3, -0.25) is 0 Å². The van der Waals surface area contributed by atoms with Crippen molar-refractivity contribution in [1.29, 1.82) is 15.8 Å². The van der Waals surface area contributed by atoms with E-state index < -0.39 is 51.4 Å². The normalized spacial score (nSPS) is 10.7. The number of rotatable bonds is 1. The second kappa shape index (κ2) is 6.19. The molecule has 4 nitrogen and oxygen atoms in total. The van der Waals surface area contributed by atoms with Gasteiger partial charge in [0.1, 0.15) is 30.2 Å². The fourth-order valence-electron chi connectivity index (χ4n) is 1.58. The number of halogens is 4. The number of alkyl halides is 1. The molecule has 0 N–H and O–H groups in total. The van der Waals surface area contributed by atoms with E-state index in [0.29, 0.717) is 0 Å². The van der Waals surface area contributed by atoms with Crippen molar-refractivity contribution in [3.05, 3.63) is 44.9 Å². The average Bonchev–Trinajstić information content (AvgIpc) is 2.49. The molecule has 21 heavy (non-hydrogen) atoms. The van der Waals surface area contributed by atoms with E-state index in [1.807, 2.05) is 0 Å². The summed E-state index contributed by atoms with van der Waals surface area (Å²) in [5.41, 5.74) is -3.23. The Morgan fingerprint density at radius 3 is 1.86 bits per heavy atom. The minimum absolute atomic E-state index is 1.02. The predicted octanol–water partition coefficient (Wildman–Crippen LogP) is 1.32. The van der Waals surface area contributed by atoms with E-state index in [1.54, 1.807) is 0 Å². The highest BCUT2D eigenvalue weighted by atomic mass is 19.2. The van der Waals surface area contributed by atoms with Gasteiger partial charge in [-0.15, -0.1) is 0 Å². The molecule has 0 aliphatic rings. The van der Waals surface area contributed by atoms with Crippen LogP contribution in [-0.2, 0) is 6.67 Å². The van der Waals surface area contributed by atoms with Gasteiger partial charge in [0, 0.05) is 5.56 Å². The molecule has 0 saturated carbocycles. The summed E-state index contributed by atoms with van der Waals surface area (Å²) < 4.78 is 54.7. The van der Waals surface area contributed by atoms with Crippen LogP contribution in [0.4, 0.5) is 17.6 Å². The van der Waals surface area contributed by atoms with E-state index >= 15 is 0 Å². The zero-order valence-corrected chi connectivity index (χ0v) is 10.0. The number of hydrogen-bond acceptors (Lipinski definition) is 3. The van der Waals surface area contributed by atoms with E-state index in [-0.39, 0.29) is 0 Å². The van der Waals surface area contributed by atoms with Crippen LogP contribution < -0.4 is 10.4 Å². The Labute approximate surface area is 115 Å². The van der Waals surface area contributed by atoms with Gasteiger partial charge >= 0.3 is 0 Å². The van der Waals surface area contributed by atoms with Gasteiger partial charge in [0.15, 0.2) is 11.6 Å². The van der Waals surface area contributed by atoms with Gasteiger partial charge in [-0.1, -0.05) is 0 Å². The third kappa shape index (κ3) is 2.39. The number of nitrogens with zero attached hydrogens (tertiary/aromatic N) is 4. The SMILES string of the molecule is [C-]#[N+]/C(C#N)=c1\c(F)c(F)c(=C(C#N)C#N)c(CF)c1F. The van der Waals surface area contributed by atoms with Crippen molar-refractivity contribution in [3.8, 4) is 18.2 Å². The van der Waals surface area contributed by atoms with Crippen LogP contribution in [0.25, 0.3) is 16.1 Å². The first-order valence-electron chi connectivity index (χ1n) is 5.06. The molecule has 102 valence electrons. The van der Waals surface area contributed by atoms with Gasteiger partial charge in [-0.2, -0.15) is 10.5 Å². The van der Waals surface area contributed by atoms with Crippen molar-refractivity contribution < 1.29 is 17.6 Å². The zero-order valence-electron chi connectivity index (χ0n) is 10.0. The van der Waals surface area contributed by atoms with Crippen LogP contribution in [0.3, 0.4) is 0 Å². The first-order chi connectivity index (χ1) is 9.98. The smallest absolute Gasteiger partial charge is 0.246 e. The molecule has 0 heterocycles. The molecule has 0 spiro atoms. The molecule has 0 aliphatic carbocycles. The molecule has 0 atom stereocenters. The van der Waals surface area contributed by atoms with Crippen LogP contribution in [0.15, 0.2) is 0 Å². The predicted molar refractivity (Wildman–Crippen MR) is 60.6 cm³/mol. The molecule has 0 radical (unpaired) electrons. The van der Waals surface area contributed by atoms with Crippen LogP contribution in [-0.4, -0.2) is 0 Å². The van der Waals surface area contributed by atoms with Crippen molar-refractivity contribution in [2.24, 2.45) is 0 Å². The molecule has 0 unspecified atom stereocenters. The Hall–Kier alpha value is -3.36. The number of nitriles is 3. The lowest BCUT2D eigenvalue weighted by atomic mass is 10.0. The minimum atomic E-state index is -1.93. The summed E-state index contributed by atoms with van der Waals surface area (Å²) in [7, 11) is 0. The summed E-state index contributed by atoms with van der Waals surface area (Å²) in [6.45, 7) is 4.95. The lowest BCUT2D eigenvalue weighted by Gasteiger charge is -2.05. The first-order valence-corrected chi connectivity index (χ1v) is 5.06. The summed E-state index contributed by atoms with van der Waals surface area (Å²) in [5.74, 6) is -5.49. The van der Waals surface area contributed by atoms with Crippen molar-refractivity contribution in [2.45, 2.75) is 6.67 Å². The molecule has 0 bridgehead atoms. The molecule has 8 heteroatoms. The second-order valence-corrected chi connectivity index (χ2v) is 3.47. The van der Waals surface area contributed by atoms with Gasteiger partial charge in [0.2, 0.25) is 0 Å². The number of hydrogen-bond donors (Lipinski definition) is 0. The van der Waals surface area contributed by atoms with Crippen LogP contribution in [0.2, 0.25) is 0 Å². The second-order valence-electron chi connectivity index (χ2n) is 3.47. The summed E-state index contributed by atoms with van der Waals surface area (Å²) in [5, 5.41) is 23.4. The highest BCUT2D eigenvalue weighted by Gasteiger charge is 2.22. The van der Waals surface area contributed by atoms with Crippen LogP contribution in [0, 0.1) is 58.0 Å². The lowest BCUT2D eigenvalue weighted by molar-refractivity contribution is 0.434. The monoisotopic (exact) mass is 290 g/mol. The Morgan fingerprint density at radius 2 is 1.48 bits per heavy atom. The average molecular weight is 290 g/mol. The van der Waals surface area contributed by atoms with Crippen molar-refractivity contribution in [3.63, 3.8) is 0 Å². The van der Waals surface area contributed by atoms with Crippen molar-refractivity contribution >= 4 is 11.3 Å². The summed E-state index contributed by atoms with van der Waals surface area (Å²) in [6.07, 6.45) is 0. The first kappa shape index (κ1) is 15.7. The Morgan fingerprint density at radius 1 is 0.952 bits per heavy atom. The topological polar surface area (TPSA) is 75.7 Å². The van der Waals surface area contributed by atoms with Crippen LogP contribution >= 0.6 is 0 Å². The molecule has 0 aromatic heterocycles. The molecule has 0 aliphatic heterocycles. The molecule has 1 aromatic rings. The van der Waals surface area contributed by atoms with Gasteiger partial charge in [0.25, 0.3) is 5.70 Å². The maximum absolute atomic E-state index is 14.0. The molecule has 0 saturated heterocycles. The van der Waals surface area contributed by atoms with Crippen LogP contribution in [0.5, 0.6) is 0 Å². The van der Waals surface area contributed by atoms with E-state index in [9.17, 15) is 17.6 Å². The van der Waals surface area contributed by atoms with Crippen molar-refractivity contribution in [2.75, 3.05) is 0 Å². The fourth-order valence-corrected chi connectivity index (χ4v) is 1.58. The minimum Gasteiger partial charge on any atom is -0.246 e. The summed E-state index contributed by atoms with van der Waals surface area (Å²) in [4.78, 5) is 2.53. The van der Waals surface area contributed by atoms with Crippen LogP contribution in [0.1, 0.15) is 5.56 Å². The molecular weight excluding hydrogens is 288 g/mol. The highest BCUT2D eigenvalue weighted by molar-refractivity contribution is 5.74. The van der Waals surface area contributed by atoms with E-state index in [1.165, 1.54) is 12.1 Å². The fraction of sp³-hybridized carbons (Fsp3) is 0.0769. The Balaban J connectivity index is 4.40. The third-order valence-corrected chi connectivity index (χ3v) is 2.48. The highest BCUT2D eigenvalue weighted by Crippen LogP contribution is 2.09. The van der Waals surface area contributed by atoms with E-state index in [0.717, 1.165) is 6.07 Å².